The fourth-order valence-corrected chi connectivity index (χ4v) is 4.34. The van der Waals surface area contributed by atoms with Crippen LogP contribution in [-0.2, 0) is 4.79 Å². The lowest BCUT2D eigenvalue weighted by Gasteiger charge is -2.28. The van der Waals surface area contributed by atoms with Crippen molar-refractivity contribution in [2.75, 3.05) is 13.1 Å². The van der Waals surface area contributed by atoms with E-state index in [1.54, 1.807) is 26.0 Å². The van der Waals surface area contributed by atoms with Crippen molar-refractivity contribution in [1.82, 2.24) is 15.2 Å². The molecule has 4 rings (SSSR count). The maximum Gasteiger partial charge on any atom is 0.270 e. The Morgan fingerprint density at radius 2 is 1.73 bits per heavy atom. The van der Waals surface area contributed by atoms with E-state index in [0.717, 1.165) is 25.0 Å². The lowest BCUT2D eigenvalue weighted by Crippen LogP contribution is -2.36. The van der Waals surface area contributed by atoms with Gasteiger partial charge in [0.05, 0.1) is 6.04 Å². The van der Waals surface area contributed by atoms with Gasteiger partial charge in [-0.2, -0.15) is 0 Å². The number of hydrogen-bond donors (Lipinski definition) is 2. The molecule has 0 bridgehead atoms. The number of phenols is 1. The number of benzene rings is 2. The number of carbonyl (C=O) groups is 2. The minimum Gasteiger partial charge on any atom is -0.508 e. The summed E-state index contributed by atoms with van der Waals surface area (Å²) in [6.07, 6.45) is 1.58. The molecule has 8 heteroatoms. The third kappa shape index (κ3) is 6.50. The zero-order valence-corrected chi connectivity index (χ0v) is 20.6. The van der Waals surface area contributed by atoms with E-state index in [4.69, 9.17) is 0 Å². The number of halogens is 2. The highest BCUT2D eigenvalue weighted by Crippen LogP contribution is 2.30. The Hall–Kier alpha value is -4.25. The lowest BCUT2D eigenvalue weighted by atomic mass is 9.96. The van der Waals surface area contributed by atoms with Gasteiger partial charge in [-0.15, -0.1) is 0 Å². The van der Waals surface area contributed by atoms with Crippen LogP contribution in [0.4, 0.5) is 8.78 Å². The number of phenolic OH excluding ortho intramolecular Hbond substituents is 1. The molecule has 2 amide bonds. The molecule has 0 radical (unpaired) electrons. The molecule has 1 aromatic heterocycles. The predicted molar refractivity (Wildman–Crippen MR) is 135 cm³/mol. The number of piperidine rings is 1. The smallest absolute Gasteiger partial charge is 0.270 e. The van der Waals surface area contributed by atoms with Crippen molar-refractivity contribution >= 4 is 11.8 Å². The Kier molecular flexibility index (Phi) is 7.83. The van der Waals surface area contributed by atoms with Gasteiger partial charge in [0.1, 0.15) is 23.1 Å². The number of aromatic nitrogens is 1. The number of aryl methyl sites for hydroxylation is 1. The molecule has 0 saturated carbocycles. The van der Waals surface area contributed by atoms with E-state index in [0.29, 0.717) is 29.9 Å². The van der Waals surface area contributed by atoms with Gasteiger partial charge in [0, 0.05) is 42.8 Å². The van der Waals surface area contributed by atoms with Crippen molar-refractivity contribution in [3.63, 3.8) is 0 Å². The second kappa shape index (κ2) is 11.2. The number of aromatic hydroxyl groups is 1. The zero-order valence-electron chi connectivity index (χ0n) is 20.6. The molecule has 0 aliphatic carbocycles. The molecule has 37 heavy (non-hydrogen) atoms. The molecule has 1 aliphatic rings. The summed E-state index contributed by atoms with van der Waals surface area (Å²) in [6.45, 7) is 4.67. The molecule has 3 aromatic rings. The fourth-order valence-electron chi connectivity index (χ4n) is 4.34. The molecule has 1 fully saturated rings. The van der Waals surface area contributed by atoms with E-state index in [1.165, 1.54) is 30.3 Å². The minimum atomic E-state index is -0.952. The van der Waals surface area contributed by atoms with Gasteiger partial charge in [-0.1, -0.05) is 24.0 Å². The van der Waals surface area contributed by atoms with E-state index < -0.39 is 23.6 Å². The third-order valence-corrected chi connectivity index (χ3v) is 6.33. The summed E-state index contributed by atoms with van der Waals surface area (Å²) in [7, 11) is 0. The summed E-state index contributed by atoms with van der Waals surface area (Å²) in [5, 5.41) is 13.2. The Labute approximate surface area is 214 Å². The van der Waals surface area contributed by atoms with Crippen LogP contribution in [-0.4, -0.2) is 39.9 Å². The number of carbonyl (C=O) groups excluding carboxylic acids is 2. The van der Waals surface area contributed by atoms with Crippen molar-refractivity contribution in [2.24, 2.45) is 5.92 Å². The molecule has 2 aromatic carbocycles. The molecule has 1 saturated heterocycles. The van der Waals surface area contributed by atoms with Crippen molar-refractivity contribution < 1.29 is 23.5 Å². The summed E-state index contributed by atoms with van der Waals surface area (Å²) in [5.41, 5.74) is 1.91. The van der Waals surface area contributed by atoms with Crippen LogP contribution in [0.5, 0.6) is 5.75 Å². The van der Waals surface area contributed by atoms with Gasteiger partial charge >= 0.3 is 0 Å². The first kappa shape index (κ1) is 25.8. The Morgan fingerprint density at radius 1 is 1.05 bits per heavy atom. The molecule has 190 valence electrons. The van der Waals surface area contributed by atoms with Gasteiger partial charge in [0.25, 0.3) is 5.91 Å². The number of rotatable bonds is 4. The van der Waals surface area contributed by atoms with Crippen LogP contribution >= 0.6 is 0 Å². The van der Waals surface area contributed by atoms with Crippen molar-refractivity contribution in [2.45, 2.75) is 32.7 Å². The average Bonchev–Trinajstić information content (AvgIpc) is 2.88. The maximum absolute atomic E-state index is 14.0. The van der Waals surface area contributed by atoms with Gasteiger partial charge in [-0.05, 0) is 67.8 Å². The van der Waals surface area contributed by atoms with Crippen LogP contribution in [0.3, 0.4) is 0 Å². The highest BCUT2D eigenvalue weighted by molar-refractivity contribution is 5.93. The topological polar surface area (TPSA) is 82.5 Å². The normalized spacial score (nSPS) is 14.4. The Balaban J connectivity index is 1.58. The predicted octanol–water partition coefficient (Wildman–Crippen LogP) is 4.50. The van der Waals surface area contributed by atoms with Gasteiger partial charge < -0.3 is 15.3 Å². The van der Waals surface area contributed by atoms with Crippen LogP contribution in [0.25, 0.3) is 0 Å². The Morgan fingerprint density at radius 3 is 2.41 bits per heavy atom. The Bertz CT molecular complexity index is 1370. The number of nitrogens with one attached hydrogen (secondary N) is 1. The number of nitrogens with zero attached hydrogens (tertiary/aromatic N) is 2. The summed E-state index contributed by atoms with van der Waals surface area (Å²) >= 11 is 0. The standard InChI is InChI=1S/C29H27F2N3O3/c1-18-15-21(4-3-20-11-13-34(14-12-20)19(2)35)16-26(32-18)29(37)33-28(22-5-7-23(30)8-6-22)25-17-24(31)9-10-27(25)36/h5-10,15-17,20,28,36H,11-14H2,1-2H3,(H,33,37). The highest BCUT2D eigenvalue weighted by atomic mass is 19.1. The zero-order chi connectivity index (χ0) is 26.5. The van der Waals surface area contributed by atoms with Gasteiger partial charge in [-0.25, -0.2) is 13.8 Å². The first-order valence-electron chi connectivity index (χ1n) is 12.0. The van der Waals surface area contributed by atoms with Crippen molar-refractivity contribution in [3.8, 4) is 17.6 Å². The van der Waals surface area contributed by atoms with E-state index >= 15 is 0 Å². The largest absolute Gasteiger partial charge is 0.508 e. The number of amides is 2. The number of pyridine rings is 1. The van der Waals surface area contributed by atoms with Crippen LogP contribution in [0.1, 0.15) is 58.7 Å². The van der Waals surface area contributed by atoms with E-state index in [1.807, 2.05) is 4.90 Å². The van der Waals surface area contributed by atoms with Crippen molar-refractivity contribution in [3.05, 3.63) is 94.3 Å². The summed E-state index contributed by atoms with van der Waals surface area (Å²) < 4.78 is 27.6. The van der Waals surface area contributed by atoms with Crippen LogP contribution in [0.2, 0.25) is 0 Å². The lowest BCUT2D eigenvalue weighted by molar-refractivity contribution is -0.129. The fraction of sp³-hybridized carbons (Fsp3) is 0.276. The summed E-state index contributed by atoms with van der Waals surface area (Å²) in [6, 6.07) is 11.2. The third-order valence-electron chi connectivity index (χ3n) is 6.33. The number of hydrogen-bond acceptors (Lipinski definition) is 4. The van der Waals surface area contributed by atoms with Gasteiger partial charge in [0.2, 0.25) is 5.91 Å². The van der Waals surface area contributed by atoms with E-state index in [-0.39, 0.29) is 28.8 Å². The molecule has 1 atom stereocenters. The van der Waals surface area contributed by atoms with Crippen LogP contribution in [0, 0.1) is 36.3 Å². The SMILES string of the molecule is CC(=O)N1CCC(C#Cc2cc(C)nc(C(=O)NC(c3ccc(F)cc3)c3cc(F)ccc3O)c2)CC1. The molecular weight excluding hydrogens is 476 g/mol. The van der Waals surface area contributed by atoms with Crippen molar-refractivity contribution in [1.29, 1.82) is 0 Å². The molecule has 0 spiro atoms. The monoisotopic (exact) mass is 503 g/mol. The quantitative estimate of drug-likeness (QED) is 0.514. The van der Waals surface area contributed by atoms with Gasteiger partial charge in [-0.3, -0.25) is 9.59 Å². The highest BCUT2D eigenvalue weighted by Gasteiger charge is 2.23. The van der Waals surface area contributed by atoms with Crippen LogP contribution in [0.15, 0.2) is 54.6 Å². The molecular formula is C29H27F2N3O3. The molecule has 1 unspecified atom stereocenters. The maximum atomic E-state index is 14.0. The molecule has 1 aliphatic heterocycles. The first-order chi connectivity index (χ1) is 17.7. The second-order valence-corrected chi connectivity index (χ2v) is 9.09. The first-order valence-corrected chi connectivity index (χ1v) is 12.0. The second-order valence-electron chi connectivity index (χ2n) is 9.09. The van der Waals surface area contributed by atoms with E-state index in [2.05, 4.69) is 22.1 Å². The average molecular weight is 504 g/mol. The van der Waals surface area contributed by atoms with E-state index in [9.17, 15) is 23.5 Å². The molecule has 2 N–H and O–H groups in total. The molecule has 6 nitrogen and oxygen atoms in total. The minimum absolute atomic E-state index is 0.0670. The van der Waals surface area contributed by atoms with Gasteiger partial charge in [0.15, 0.2) is 0 Å². The summed E-state index contributed by atoms with van der Waals surface area (Å²) in [4.78, 5) is 30.9. The molecule has 2 heterocycles. The summed E-state index contributed by atoms with van der Waals surface area (Å²) in [5.74, 6) is 4.77. The number of likely N-dealkylation sites (tertiary alicyclic amines) is 1. The van der Waals surface area contributed by atoms with Crippen LogP contribution < -0.4 is 5.32 Å².